The van der Waals surface area contributed by atoms with Crippen LogP contribution in [0, 0.1) is 0 Å². The van der Waals surface area contributed by atoms with Crippen LogP contribution in [0.3, 0.4) is 0 Å². The van der Waals surface area contributed by atoms with Crippen LogP contribution in [0.15, 0.2) is 40.9 Å². The van der Waals surface area contributed by atoms with Gasteiger partial charge in [0.05, 0.1) is 26.9 Å². The van der Waals surface area contributed by atoms with E-state index in [4.69, 9.17) is 14.2 Å². The lowest BCUT2D eigenvalue weighted by Gasteiger charge is -2.48. The van der Waals surface area contributed by atoms with Crippen LogP contribution < -0.4 is 9.47 Å². The van der Waals surface area contributed by atoms with E-state index in [9.17, 15) is 9.90 Å². The quantitative estimate of drug-likeness (QED) is 0.744. The van der Waals surface area contributed by atoms with Crippen LogP contribution in [0.5, 0.6) is 11.5 Å². The zero-order valence-corrected chi connectivity index (χ0v) is 17.4. The number of ether oxygens (including phenoxy) is 3. The maximum absolute atomic E-state index is 13.3. The third-order valence-electron chi connectivity index (χ3n) is 5.45. The summed E-state index contributed by atoms with van der Waals surface area (Å²) >= 11 is 3.43. The summed E-state index contributed by atoms with van der Waals surface area (Å²) in [7, 11) is 4.47. The summed E-state index contributed by atoms with van der Waals surface area (Å²) in [6, 6.07) is 11.0. The number of hydrogen-bond donors (Lipinski definition) is 1. The molecule has 0 bridgehead atoms. The van der Waals surface area contributed by atoms with Crippen molar-refractivity contribution in [2.24, 2.45) is 0 Å². The van der Waals surface area contributed by atoms with Gasteiger partial charge in [0.2, 0.25) is 0 Å². The minimum absolute atomic E-state index is 0.390. The standard InChI is InChI=1S/C21H23BrO5/c1-20(24)10-9-13-11-16(25-2)12-17(26-3)18(13)21(20,19(23)27-4)14-5-7-15(22)8-6-14/h5-8,11-12,24H,9-10H2,1-4H3/t20-,21-/m0/s1. The Morgan fingerprint density at radius 3 is 2.33 bits per heavy atom. The van der Waals surface area contributed by atoms with E-state index in [0.29, 0.717) is 35.5 Å². The Morgan fingerprint density at radius 1 is 1.11 bits per heavy atom. The second-order valence-electron chi connectivity index (χ2n) is 6.89. The number of rotatable bonds is 4. The fourth-order valence-corrected chi connectivity index (χ4v) is 4.39. The van der Waals surface area contributed by atoms with E-state index in [1.54, 1.807) is 27.2 Å². The molecule has 0 fully saturated rings. The summed E-state index contributed by atoms with van der Waals surface area (Å²) in [6.07, 6.45) is 0.979. The monoisotopic (exact) mass is 434 g/mol. The van der Waals surface area contributed by atoms with Crippen LogP contribution in [0.4, 0.5) is 0 Å². The molecule has 5 nitrogen and oxygen atoms in total. The van der Waals surface area contributed by atoms with E-state index in [1.165, 1.54) is 7.11 Å². The second kappa shape index (κ2) is 7.17. The Bertz CT molecular complexity index is 842. The molecule has 0 aromatic heterocycles. The Balaban J connectivity index is 2.45. The number of fused-ring (bicyclic) bond motifs is 1. The van der Waals surface area contributed by atoms with Crippen molar-refractivity contribution in [3.63, 3.8) is 0 Å². The first-order chi connectivity index (χ1) is 12.8. The first-order valence-electron chi connectivity index (χ1n) is 8.64. The molecule has 0 aliphatic heterocycles. The lowest BCUT2D eigenvalue weighted by atomic mass is 9.57. The van der Waals surface area contributed by atoms with Gasteiger partial charge in [-0.1, -0.05) is 28.1 Å². The normalized spacial score (nSPS) is 24.1. The number of aryl methyl sites for hydroxylation is 1. The molecule has 27 heavy (non-hydrogen) atoms. The number of methoxy groups -OCH3 is 3. The highest BCUT2D eigenvalue weighted by Gasteiger charge is 2.60. The second-order valence-corrected chi connectivity index (χ2v) is 7.80. The van der Waals surface area contributed by atoms with Crippen LogP contribution in [0.1, 0.15) is 30.0 Å². The SMILES string of the molecule is COC(=O)[C@]1(c2ccc(Br)cc2)c2c(cc(OC)cc2OC)CC[C@]1(C)O. The first kappa shape index (κ1) is 19.7. The van der Waals surface area contributed by atoms with Gasteiger partial charge >= 0.3 is 5.97 Å². The van der Waals surface area contributed by atoms with Gasteiger partial charge in [-0.2, -0.15) is 0 Å². The van der Waals surface area contributed by atoms with Gasteiger partial charge in [-0.05, 0) is 49.1 Å². The van der Waals surface area contributed by atoms with Crippen molar-refractivity contribution >= 4 is 21.9 Å². The number of aliphatic hydroxyl groups is 1. The minimum atomic E-state index is -1.42. The van der Waals surface area contributed by atoms with E-state index >= 15 is 0 Å². The highest BCUT2D eigenvalue weighted by Crippen LogP contribution is 2.53. The van der Waals surface area contributed by atoms with Crippen molar-refractivity contribution in [2.75, 3.05) is 21.3 Å². The van der Waals surface area contributed by atoms with Gasteiger partial charge in [0.1, 0.15) is 16.9 Å². The van der Waals surface area contributed by atoms with Crippen molar-refractivity contribution in [3.8, 4) is 11.5 Å². The topological polar surface area (TPSA) is 65.0 Å². The number of halogens is 1. The third-order valence-corrected chi connectivity index (χ3v) is 5.97. The van der Waals surface area contributed by atoms with Gasteiger partial charge in [-0.25, -0.2) is 0 Å². The molecule has 0 saturated carbocycles. The smallest absolute Gasteiger partial charge is 0.323 e. The lowest BCUT2D eigenvalue weighted by molar-refractivity contribution is -0.157. The van der Waals surface area contributed by atoms with Gasteiger partial charge in [-0.3, -0.25) is 4.79 Å². The zero-order valence-electron chi connectivity index (χ0n) is 15.8. The highest BCUT2D eigenvalue weighted by molar-refractivity contribution is 9.10. The van der Waals surface area contributed by atoms with Gasteiger partial charge in [0.25, 0.3) is 0 Å². The Kier molecular flexibility index (Phi) is 5.23. The molecular formula is C21H23BrO5. The van der Waals surface area contributed by atoms with E-state index in [1.807, 2.05) is 30.3 Å². The maximum Gasteiger partial charge on any atom is 0.323 e. The predicted molar refractivity (Wildman–Crippen MR) is 105 cm³/mol. The zero-order chi connectivity index (χ0) is 19.8. The number of esters is 1. The molecule has 1 aliphatic carbocycles. The molecule has 0 unspecified atom stereocenters. The van der Waals surface area contributed by atoms with Crippen LogP contribution in [0.25, 0.3) is 0 Å². The molecule has 1 N–H and O–H groups in total. The van der Waals surface area contributed by atoms with E-state index < -0.39 is 17.0 Å². The van der Waals surface area contributed by atoms with E-state index in [2.05, 4.69) is 15.9 Å². The Morgan fingerprint density at radius 2 is 1.78 bits per heavy atom. The van der Waals surface area contributed by atoms with Gasteiger partial charge in [-0.15, -0.1) is 0 Å². The summed E-state index contributed by atoms with van der Waals surface area (Å²) < 4.78 is 17.1. The predicted octanol–water partition coefficient (Wildman–Crippen LogP) is 3.62. The van der Waals surface area contributed by atoms with E-state index in [-0.39, 0.29) is 0 Å². The van der Waals surface area contributed by atoms with Crippen LogP contribution in [-0.4, -0.2) is 38.0 Å². The van der Waals surface area contributed by atoms with Crippen molar-refractivity contribution < 1.29 is 24.1 Å². The largest absolute Gasteiger partial charge is 0.497 e. The van der Waals surface area contributed by atoms with Crippen molar-refractivity contribution in [2.45, 2.75) is 30.8 Å². The fraction of sp³-hybridized carbons (Fsp3) is 0.381. The molecule has 2 aromatic carbocycles. The van der Waals surface area contributed by atoms with Crippen molar-refractivity contribution in [1.29, 1.82) is 0 Å². The number of benzene rings is 2. The van der Waals surface area contributed by atoms with Crippen molar-refractivity contribution in [1.82, 2.24) is 0 Å². The summed E-state index contributed by atoms with van der Waals surface area (Å²) in [5.41, 5.74) is -0.634. The number of carbonyl (C=O) groups excluding carboxylic acids is 1. The summed E-state index contributed by atoms with van der Waals surface area (Å²) in [4.78, 5) is 13.3. The van der Waals surface area contributed by atoms with Gasteiger partial charge in [0, 0.05) is 16.1 Å². The maximum atomic E-state index is 13.3. The van der Waals surface area contributed by atoms with Crippen molar-refractivity contribution in [3.05, 3.63) is 57.6 Å². The molecule has 0 spiro atoms. The Hall–Kier alpha value is -2.05. The average molecular weight is 435 g/mol. The number of carbonyl (C=O) groups is 1. The third kappa shape index (κ3) is 2.91. The summed E-state index contributed by atoms with van der Waals surface area (Å²) in [5.74, 6) is 0.596. The van der Waals surface area contributed by atoms with Crippen LogP contribution in [0.2, 0.25) is 0 Å². The molecule has 144 valence electrons. The molecule has 2 atom stereocenters. The molecule has 6 heteroatoms. The van der Waals surface area contributed by atoms with Gasteiger partial charge < -0.3 is 19.3 Å². The first-order valence-corrected chi connectivity index (χ1v) is 9.43. The molecule has 0 saturated heterocycles. The Labute approximate surface area is 167 Å². The average Bonchev–Trinajstić information content (AvgIpc) is 2.67. The van der Waals surface area contributed by atoms with Gasteiger partial charge in [0.15, 0.2) is 0 Å². The molecule has 0 amide bonds. The fourth-order valence-electron chi connectivity index (χ4n) is 4.13. The molecular weight excluding hydrogens is 412 g/mol. The molecule has 1 aliphatic rings. The molecule has 0 heterocycles. The van der Waals surface area contributed by atoms with E-state index in [0.717, 1.165) is 10.0 Å². The minimum Gasteiger partial charge on any atom is -0.497 e. The molecule has 3 rings (SSSR count). The lowest BCUT2D eigenvalue weighted by Crippen LogP contribution is -2.59. The van der Waals surface area contributed by atoms with Crippen LogP contribution in [-0.2, 0) is 21.4 Å². The molecule has 0 radical (unpaired) electrons. The number of hydrogen-bond acceptors (Lipinski definition) is 5. The molecule has 2 aromatic rings. The summed E-state index contributed by atoms with van der Waals surface area (Å²) in [5, 5.41) is 11.5. The van der Waals surface area contributed by atoms with Crippen LogP contribution >= 0.6 is 15.9 Å². The summed E-state index contributed by atoms with van der Waals surface area (Å²) in [6.45, 7) is 1.68. The highest BCUT2D eigenvalue weighted by atomic mass is 79.9.